The number of nitrogens with zero attached hydrogens (tertiary/aromatic N) is 2. The molecule has 0 saturated heterocycles. The van der Waals surface area contributed by atoms with E-state index in [1.165, 1.54) is 17.0 Å². The molecule has 0 N–H and O–H groups in total. The van der Waals surface area contributed by atoms with Gasteiger partial charge in [0.25, 0.3) is 5.69 Å². The average Bonchev–Trinajstić information content (AvgIpc) is 2.79. The van der Waals surface area contributed by atoms with Gasteiger partial charge in [-0.25, -0.2) is 0 Å². The number of ether oxygens (including phenoxy) is 2. The van der Waals surface area contributed by atoms with Crippen LogP contribution >= 0.6 is 0 Å². The number of nitro benzene ring substituents is 1. The van der Waals surface area contributed by atoms with Crippen molar-refractivity contribution in [1.29, 1.82) is 0 Å². The molecule has 2 aromatic carbocycles. The van der Waals surface area contributed by atoms with Crippen molar-refractivity contribution < 1.29 is 24.0 Å². The van der Waals surface area contributed by atoms with E-state index in [0.29, 0.717) is 48.6 Å². The van der Waals surface area contributed by atoms with Crippen LogP contribution in [0.2, 0.25) is 0 Å². The van der Waals surface area contributed by atoms with E-state index in [4.69, 9.17) is 9.47 Å². The lowest BCUT2D eigenvalue weighted by Crippen LogP contribution is -2.40. The molecule has 166 valence electrons. The minimum Gasteiger partial charge on any atom is -0.497 e. The van der Waals surface area contributed by atoms with Gasteiger partial charge < -0.3 is 9.47 Å². The molecule has 0 fully saturated rings. The van der Waals surface area contributed by atoms with Crippen LogP contribution in [0.5, 0.6) is 11.5 Å². The van der Waals surface area contributed by atoms with Crippen LogP contribution in [0.15, 0.2) is 53.7 Å². The van der Waals surface area contributed by atoms with Crippen LogP contribution in [0.4, 0.5) is 11.4 Å². The van der Waals surface area contributed by atoms with Crippen molar-refractivity contribution in [3.63, 3.8) is 0 Å². The summed E-state index contributed by atoms with van der Waals surface area (Å²) in [6.07, 6.45) is 1.53. The Morgan fingerprint density at radius 2 is 1.94 bits per heavy atom. The fraction of sp³-hybridized carbons (Fsp3) is 0.333. The molecule has 1 amide bonds. The van der Waals surface area contributed by atoms with E-state index in [9.17, 15) is 19.7 Å². The van der Waals surface area contributed by atoms with Gasteiger partial charge in [0, 0.05) is 30.0 Å². The molecule has 1 aliphatic carbocycles. The molecule has 2 aliphatic rings. The van der Waals surface area contributed by atoms with Crippen molar-refractivity contribution in [2.45, 2.75) is 38.5 Å². The second kappa shape index (κ2) is 8.82. The quantitative estimate of drug-likeness (QED) is 0.487. The standard InChI is InChI=1S/C24H24N2O6/c1-3-32-17-10-11-19(21(13-17)26(29)30)25-20-8-5-9-22(27)24(20)18(14-23(25)28)15-6-4-7-16(12-15)31-2/h4,6-7,10-13,18H,3,5,8-9,14H2,1-2H3. The van der Waals surface area contributed by atoms with E-state index in [1.807, 2.05) is 24.3 Å². The summed E-state index contributed by atoms with van der Waals surface area (Å²) in [5.74, 6) is 0.294. The van der Waals surface area contributed by atoms with Gasteiger partial charge in [-0.1, -0.05) is 12.1 Å². The third-order valence-electron chi connectivity index (χ3n) is 5.87. The molecule has 8 nitrogen and oxygen atoms in total. The predicted octanol–water partition coefficient (Wildman–Crippen LogP) is 4.53. The molecule has 0 aromatic heterocycles. The smallest absolute Gasteiger partial charge is 0.297 e. The molecule has 0 saturated carbocycles. The van der Waals surface area contributed by atoms with E-state index in [1.54, 1.807) is 20.1 Å². The first-order chi connectivity index (χ1) is 15.4. The Bertz CT molecular complexity index is 1120. The Morgan fingerprint density at radius 1 is 1.12 bits per heavy atom. The highest BCUT2D eigenvalue weighted by Crippen LogP contribution is 2.46. The second-order valence-electron chi connectivity index (χ2n) is 7.74. The van der Waals surface area contributed by atoms with Gasteiger partial charge in [0.2, 0.25) is 5.91 Å². The van der Waals surface area contributed by atoms with Crippen molar-refractivity contribution in [3.05, 3.63) is 69.4 Å². The Balaban J connectivity index is 1.86. The molecule has 1 heterocycles. The van der Waals surface area contributed by atoms with E-state index >= 15 is 0 Å². The summed E-state index contributed by atoms with van der Waals surface area (Å²) in [5.41, 5.74) is 1.87. The number of hydrogen-bond acceptors (Lipinski definition) is 6. The van der Waals surface area contributed by atoms with Gasteiger partial charge in [-0.15, -0.1) is 0 Å². The number of carbonyl (C=O) groups is 2. The zero-order valence-electron chi connectivity index (χ0n) is 18.0. The van der Waals surface area contributed by atoms with Crippen molar-refractivity contribution >= 4 is 23.1 Å². The van der Waals surface area contributed by atoms with Gasteiger partial charge in [0.15, 0.2) is 5.78 Å². The van der Waals surface area contributed by atoms with Crippen LogP contribution in [0.3, 0.4) is 0 Å². The summed E-state index contributed by atoms with van der Waals surface area (Å²) in [7, 11) is 1.56. The maximum Gasteiger partial charge on any atom is 0.297 e. The van der Waals surface area contributed by atoms with E-state index < -0.39 is 10.8 Å². The van der Waals surface area contributed by atoms with Gasteiger partial charge in [-0.2, -0.15) is 0 Å². The monoisotopic (exact) mass is 436 g/mol. The Labute approximate surface area is 185 Å². The fourth-order valence-electron chi connectivity index (χ4n) is 4.51. The summed E-state index contributed by atoms with van der Waals surface area (Å²) >= 11 is 0. The number of hydrogen-bond donors (Lipinski definition) is 0. The van der Waals surface area contributed by atoms with Gasteiger partial charge in [-0.05, 0) is 49.6 Å². The number of ketones is 1. The first-order valence-corrected chi connectivity index (χ1v) is 10.6. The number of allylic oxidation sites excluding steroid dienone is 2. The second-order valence-corrected chi connectivity index (χ2v) is 7.74. The molecule has 0 bridgehead atoms. The van der Waals surface area contributed by atoms with Gasteiger partial charge >= 0.3 is 0 Å². The van der Waals surface area contributed by atoms with Crippen LogP contribution in [0.1, 0.15) is 44.1 Å². The highest BCUT2D eigenvalue weighted by Gasteiger charge is 2.41. The molecular formula is C24H24N2O6. The third-order valence-corrected chi connectivity index (χ3v) is 5.87. The van der Waals surface area contributed by atoms with Gasteiger partial charge in [0.05, 0.1) is 24.7 Å². The SMILES string of the molecule is CCOc1ccc(N2C(=O)CC(c3cccc(OC)c3)C3=C2CCCC3=O)c([N+](=O)[O-])c1. The first kappa shape index (κ1) is 21.5. The topological polar surface area (TPSA) is 99.0 Å². The number of Topliss-reactive ketones (excluding diaryl/α,β-unsaturated/α-hetero) is 1. The maximum absolute atomic E-state index is 13.4. The average molecular weight is 436 g/mol. The van der Waals surface area contributed by atoms with Gasteiger partial charge in [-0.3, -0.25) is 24.6 Å². The van der Waals surface area contributed by atoms with Crippen LogP contribution in [0.25, 0.3) is 0 Å². The van der Waals surface area contributed by atoms with Crippen molar-refractivity contribution in [2.75, 3.05) is 18.6 Å². The number of rotatable bonds is 6. The summed E-state index contributed by atoms with van der Waals surface area (Å²) in [5, 5.41) is 11.8. The number of nitro groups is 1. The molecular weight excluding hydrogens is 412 g/mol. The van der Waals surface area contributed by atoms with Crippen LogP contribution in [-0.4, -0.2) is 30.3 Å². The highest BCUT2D eigenvalue weighted by molar-refractivity contribution is 6.08. The van der Waals surface area contributed by atoms with Crippen molar-refractivity contribution in [2.24, 2.45) is 0 Å². The number of methoxy groups -OCH3 is 1. The lowest BCUT2D eigenvalue weighted by atomic mass is 9.77. The summed E-state index contributed by atoms with van der Waals surface area (Å²) in [6, 6.07) is 11.8. The molecule has 1 aliphatic heterocycles. The molecule has 1 unspecified atom stereocenters. The highest BCUT2D eigenvalue weighted by atomic mass is 16.6. The largest absolute Gasteiger partial charge is 0.497 e. The molecule has 32 heavy (non-hydrogen) atoms. The fourth-order valence-corrected chi connectivity index (χ4v) is 4.51. The number of amides is 1. The molecule has 0 radical (unpaired) electrons. The lowest BCUT2D eigenvalue weighted by Gasteiger charge is -2.38. The minimum absolute atomic E-state index is 0.0230. The Morgan fingerprint density at radius 3 is 2.66 bits per heavy atom. The minimum atomic E-state index is -0.524. The van der Waals surface area contributed by atoms with Crippen molar-refractivity contribution in [1.82, 2.24) is 0 Å². The maximum atomic E-state index is 13.4. The Hall–Kier alpha value is -3.68. The zero-order chi connectivity index (χ0) is 22.8. The first-order valence-electron chi connectivity index (χ1n) is 10.6. The molecule has 4 rings (SSSR count). The molecule has 0 spiro atoms. The predicted molar refractivity (Wildman–Crippen MR) is 118 cm³/mol. The summed E-state index contributed by atoms with van der Waals surface area (Å²) < 4.78 is 10.7. The van der Waals surface area contributed by atoms with E-state index in [0.717, 1.165) is 5.56 Å². The van der Waals surface area contributed by atoms with Crippen LogP contribution < -0.4 is 14.4 Å². The van der Waals surface area contributed by atoms with Gasteiger partial charge in [0.1, 0.15) is 17.2 Å². The summed E-state index contributed by atoms with van der Waals surface area (Å²) in [4.78, 5) is 39.1. The number of anilines is 1. The molecule has 1 atom stereocenters. The number of benzene rings is 2. The molecule has 2 aromatic rings. The number of carbonyl (C=O) groups excluding carboxylic acids is 2. The summed E-state index contributed by atoms with van der Waals surface area (Å²) in [6.45, 7) is 2.16. The zero-order valence-corrected chi connectivity index (χ0v) is 18.0. The third kappa shape index (κ3) is 3.84. The normalized spacial score (nSPS) is 18.4. The molecule has 8 heteroatoms. The van der Waals surface area contributed by atoms with E-state index in [2.05, 4.69) is 0 Å². The van der Waals surface area contributed by atoms with E-state index in [-0.39, 0.29) is 29.5 Å². The van der Waals surface area contributed by atoms with Crippen LogP contribution in [-0.2, 0) is 9.59 Å². The lowest BCUT2D eigenvalue weighted by molar-refractivity contribution is -0.384. The van der Waals surface area contributed by atoms with Crippen LogP contribution in [0, 0.1) is 10.1 Å². The Kier molecular flexibility index (Phi) is 5.94. The van der Waals surface area contributed by atoms with Crippen molar-refractivity contribution in [3.8, 4) is 11.5 Å².